The number of benzene rings is 1. The van der Waals surface area contributed by atoms with E-state index in [1.54, 1.807) is 0 Å². The van der Waals surface area contributed by atoms with Crippen LogP contribution in [0.1, 0.15) is 30.5 Å². The van der Waals surface area contributed by atoms with E-state index in [0.717, 1.165) is 6.42 Å². The summed E-state index contributed by atoms with van der Waals surface area (Å²) in [5.74, 6) is 0. The van der Waals surface area contributed by atoms with Crippen LogP contribution < -0.4 is 5.73 Å². The van der Waals surface area contributed by atoms with Crippen LogP contribution in [-0.4, -0.2) is 6.10 Å². The van der Waals surface area contributed by atoms with Gasteiger partial charge in [0.1, 0.15) is 0 Å². The van der Waals surface area contributed by atoms with E-state index in [1.165, 1.54) is 11.1 Å². The molecule has 1 heterocycles. The van der Waals surface area contributed by atoms with Gasteiger partial charge in [0.25, 0.3) is 0 Å². The lowest BCUT2D eigenvalue weighted by atomic mass is 9.93. The highest BCUT2D eigenvalue weighted by atomic mass is 16.5. The molecule has 0 amide bonds. The maximum absolute atomic E-state index is 6.08. The SMILES string of the molecule is CC[C@@H]1OCc2ccccc2[C@H]1N. The van der Waals surface area contributed by atoms with Crippen LogP contribution in [0.3, 0.4) is 0 Å². The van der Waals surface area contributed by atoms with Gasteiger partial charge in [-0.15, -0.1) is 0 Å². The second-order valence-corrected chi connectivity index (χ2v) is 3.48. The minimum Gasteiger partial charge on any atom is -0.372 e. The van der Waals surface area contributed by atoms with Crippen LogP contribution >= 0.6 is 0 Å². The molecule has 0 fully saturated rings. The van der Waals surface area contributed by atoms with Crippen LogP contribution in [0, 0.1) is 0 Å². The van der Waals surface area contributed by atoms with Crippen LogP contribution in [0.4, 0.5) is 0 Å². The molecule has 1 aromatic rings. The summed E-state index contributed by atoms with van der Waals surface area (Å²) in [6.07, 6.45) is 1.17. The van der Waals surface area contributed by atoms with Crippen molar-refractivity contribution in [3.8, 4) is 0 Å². The summed E-state index contributed by atoms with van der Waals surface area (Å²) in [7, 11) is 0. The van der Waals surface area contributed by atoms with Gasteiger partial charge in [-0.3, -0.25) is 0 Å². The van der Waals surface area contributed by atoms with Crippen LogP contribution in [-0.2, 0) is 11.3 Å². The Balaban J connectivity index is 2.33. The molecule has 0 unspecified atom stereocenters. The van der Waals surface area contributed by atoms with E-state index in [4.69, 9.17) is 10.5 Å². The summed E-state index contributed by atoms with van der Waals surface area (Å²) in [5, 5.41) is 0. The minimum absolute atomic E-state index is 0.0509. The zero-order valence-electron chi connectivity index (χ0n) is 7.86. The lowest BCUT2D eigenvalue weighted by molar-refractivity contribution is 0.00680. The topological polar surface area (TPSA) is 35.2 Å². The Morgan fingerprint density at radius 2 is 2.23 bits per heavy atom. The van der Waals surface area contributed by atoms with E-state index >= 15 is 0 Å². The number of nitrogens with two attached hydrogens (primary N) is 1. The molecule has 0 radical (unpaired) electrons. The van der Waals surface area contributed by atoms with Crippen molar-refractivity contribution >= 4 is 0 Å². The second-order valence-electron chi connectivity index (χ2n) is 3.48. The molecule has 0 bridgehead atoms. The molecule has 0 aliphatic carbocycles. The molecule has 2 rings (SSSR count). The third-order valence-electron chi connectivity index (χ3n) is 2.67. The van der Waals surface area contributed by atoms with Crippen LogP contribution in [0.2, 0.25) is 0 Å². The van der Waals surface area contributed by atoms with Crippen molar-refractivity contribution < 1.29 is 4.74 Å². The van der Waals surface area contributed by atoms with Crippen molar-refractivity contribution in [3.63, 3.8) is 0 Å². The fourth-order valence-corrected chi connectivity index (χ4v) is 1.86. The molecule has 1 aromatic carbocycles. The number of hydrogen-bond donors (Lipinski definition) is 1. The molecule has 70 valence electrons. The molecule has 1 aliphatic rings. The first-order valence-corrected chi connectivity index (χ1v) is 4.78. The van der Waals surface area contributed by atoms with Crippen LogP contribution in [0.25, 0.3) is 0 Å². The highest BCUT2D eigenvalue weighted by Gasteiger charge is 2.25. The summed E-state index contributed by atoms with van der Waals surface area (Å²) in [4.78, 5) is 0. The lowest BCUT2D eigenvalue weighted by Gasteiger charge is -2.30. The molecule has 0 aromatic heterocycles. The predicted octanol–water partition coefficient (Wildman–Crippen LogP) is 2.00. The van der Waals surface area contributed by atoms with Crippen molar-refractivity contribution in [1.82, 2.24) is 0 Å². The average Bonchev–Trinajstić information content (AvgIpc) is 2.19. The van der Waals surface area contributed by atoms with E-state index in [-0.39, 0.29) is 12.1 Å². The van der Waals surface area contributed by atoms with Crippen molar-refractivity contribution in [3.05, 3.63) is 35.4 Å². The zero-order valence-corrected chi connectivity index (χ0v) is 7.86. The van der Waals surface area contributed by atoms with Crippen LogP contribution in [0.5, 0.6) is 0 Å². The summed E-state index contributed by atoms with van der Waals surface area (Å²) in [6, 6.07) is 8.31. The molecule has 0 saturated carbocycles. The van der Waals surface area contributed by atoms with E-state index in [2.05, 4.69) is 19.1 Å². The van der Waals surface area contributed by atoms with Gasteiger partial charge in [0, 0.05) is 0 Å². The third kappa shape index (κ3) is 1.47. The Bertz CT molecular complexity index is 298. The van der Waals surface area contributed by atoms with Gasteiger partial charge >= 0.3 is 0 Å². The molecular weight excluding hydrogens is 162 g/mol. The van der Waals surface area contributed by atoms with E-state index < -0.39 is 0 Å². The third-order valence-corrected chi connectivity index (χ3v) is 2.67. The maximum atomic E-state index is 6.08. The number of rotatable bonds is 1. The van der Waals surface area contributed by atoms with Crippen molar-refractivity contribution in [2.45, 2.75) is 32.1 Å². The minimum atomic E-state index is 0.0509. The second kappa shape index (κ2) is 3.48. The molecule has 0 spiro atoms. The van der Waals surface area contributed by atoms with Crippen LogP contribution in [0.15, 0.2) is 24.3 Å². The highest BCUT2D eigenvalue weighted by molar-refractivity contribution is 5.31. The first kappa shape index (κ1) is 8.73. The largest absolute Gasteiger partial charge is 0.372 e. The highest BCUT2D eigenvalue weighted by Crippen LogP contribution is 2.28. The Hall–Kier alpha value is -0.860. The summed E-state index contributed by atoms with van der Waals surface area (Å²) in [5.41, 5.74) is 8.56. The Morgan fingerprint density at radius 3 is 3.00 bits per heavy atom. The first-order chi connectivity index (χ1) is 6.33. The molecule has 1 aliphatic heterocycles. The van der Waals surface area contributed by atoms with Gasteiger partial charge < -0.3 is 10.5 Å². The molecule has 2 nitrogen and oxygen atoms in total. The Morgan fingerprint density at radius 1 is 1.46 bits per heavy atom. The Kier molecular flexibility index (Phi) is 2.34. The molecular formula is C11H15NO. The Labute approximate surface area is 78.7 Å². The van der Waals surface area contributed by atoms with Gasteiger partial charge in [0.15, 0.2) is 0 Å². The van der Waals surface area contributed by atoms with E-state index in [1.807, 2.05) is 12.1 Å². The predicted molar refractivity (Wildman–Crippen MR) is 52.2 cm³/mol. The lowest BCUT2D eigenvalue weighted by Crippen LogP contribution is -2.33. The molecule has 2 atom stereocenters. The zero-order chi connectivity index (χ0) is 9.26. The quantitative estimate of drug-likeness (QED) is 0.712. The molecule has 13 heavy (non-hydrogen) atoms. The number of fused-ring (bicyclic) bond motifs is 1. The molecule has 2 heteroatoms. The van der Waals surface area contributed by atoms with Crippen molar-refractivity contribution in [2.24, 2.45) is 5.73 Å². The maximum Gasteiger partial charge on any atom is 0.0769 e. The standard InChI is InChI=1S/C11H15NO/c1-2-10-11(12)9-6-4-3-5-8(9)7-13-10/h3-6,10-11H,2,7,12H2,1H3/t10-,11+/m0/s1. The van der Waals surface area contributed by atoms with E-state index in [9.17, 15) is 0 Å². The van der Waals surface area contributed by atoms with Gasteiger partial charge in [0.05, 0.1) is 18.8 Å². The van der Waals surface area contributed by atoms with Gasteiger partial charge in [0.2, 0.25) is 0 Å². The summed E-state index contributed by atoms with van der Waals surface area (Å²) >= 11 is 0. The van der Waals surface area contributed by atoms with Gasteiger partial charge in [-0.1, -0.05) is 31.2 Å². The van der Waals surface area contributed by atoms with Crippen molar-refractivity contribution in [1.29, 1.82) is 0 Å². The smallest absolute Gasteiger partial charge is 0.0769 e. The number of hydrogen-bond acceptors (Lipinski definition) is 2. The number of ether oxygens (including phenoxy) is 1. The summed E-state index contributed by atoms with van der Waals surface area (Å²) < 4.78 is 5.64. The van der Waals surface area contributed by atoms with E-state index in [0.29, 0.717) is 6.61 Å². The van der Waals surface area contributed by atoms with Gasteiger partial charge in [-0.05, 0) is 17.5 Å². The fraction of sp³-hybridized carbons (Fsp3) is 0.455. The van der Waals surface area contributed by atoms with Gasteiger partial charge in [-0.25, -0.2) is 0 Å². The monoisotopic (exact) mass is 177 g/mol. The normalized spacial score (nSPS) is 26.9. The van der Waals surface area contributed by atoms with Gasteiger partial charge in [-0.2, -0.15) is 0 Å². The first-order valence-electron chi connectivity index (χ1n) is 4.78. The summed E-state index contributed by atoms with van der Waals surface area (Å²) in [6.45, 7) is 2.82. The average molecular weight is 177 g/mol. The van der Waals surface area contributed by atoms with Crippen molar-refractivity contribution in [2.75, 3.05) is 0 Å². The molecule has 2 N–H and O–H groups in total. The molecule has 0 saturated heterocycles. The fourth-order valence-electron chi connectivity index (χ4n) is 1.86.